The summed E-state index contributed by atoms with van der Waals surface area (Å²) in [5.74, 6) is -0.305. The van der Waals surface area contributed by atoms with Gasteiger partial charge in [-0.3, -0.25) is 0 Å². The average Bonchev–Trinajstić information content (AvgIpc) is 2.90. The van der Waals surface area contributed by atoms with Crippen LogP contribution in [-0.4, -0.2) is 22.5 Å². The summed E-state index contributed by atoms with van der Waals surface area (Å²) in [5, 5.41) is 0. The lowest BCUT2D eigenvalue weighted by molar-refractivity contribution is 0.0526. The fraction of sp³-hybridized carbons (Fsp3) is 0.125. The van der Waals surface area contributed by atoms with Gasteiger partial charge in [0.15, 0.2) is 0 Å². The molecular formula is C16H13FN2O2. The van der Waals surface area contributed by atoms with E-state index in [9.17, 15) is 9.18 Å². The number of benzene rings is 2. The van der Waals surface area contributed by atoms with Gasteiger partial charge in [0.05, 0.1) is 28.8 Å². The second-order valence-corrected chi connectivity index (χ2v) is 4.52. The number of nitrogens with one attached hydrogen (secondary N) is 1. The minimum atomic E-state index is -0.394. The molecule has 3 rings (SSSR count). The highest BCUT2D eigenvalue weighted by molar-refractivity contribution is 5.94. The number of hydrogen-bond acceptors (Lipinski definition) is 3. The van der Waals surface area contributed by atoms with Crippen LogP contribution in [0.15, 0.2) is 42.5 Å². The van der Waals surface area contributed by atoms with Crippen LogP contribution in [0, 0.1) is 5.82 Å². The second kappa shape index (κ2) is 5.36. The molecule has 0 bridgehead atoms. The van der Waals surface area contributed by atoms with E-state index in [-0.39, 0.29) is 5.82 Å². The van der Waals surface area contributed by atoms with Gasteiger partial charge in [0.25, 0.3) is 0 Å². The molecule has 2 aromatic carbocycles. The van der Waals surface area contributed by atoms with Crippen molar-refractivity contribution in [2.24, 2.45) is 0 Å². The number of aromatic nitrogens is 2. The van der Waals surface area contributed by atoms with Crippen molar-refractivity contribution in [3.8, 4) is 11.4 Å². The Morgan fingerprint density at radius 3 is 2.86 bits per heavy atom. The van der Waals surface area contributed by atoms with Gasteiger partial charge < -0.3 is 9.72 Å². The number of hydrogen-bond donors (Lipinski definition) is 1. The van der Waals surface area contributed by atoms with Crippen LogP contribution in [0.25, 0.3) is 22.4 Å². The van der Waals surface area contributed by atoms with Gasteiger partial charge in [-0.2, -0.15) is 0 Å². The van der Waals surface area contributed by atoms with Gasteiger partial charge in [0, 0.05) is 0 Å². The Morgan fingerprint density at radius 1 is 1.29 bits per heavy atom. The summed E-state index contributed by atoms with van der Waals surface area (Å²) in [6.07, 6.45) is 0. The number of H-pyrrole nitrogens is 1. The maximum Gasteiger partial charge on any atom is 0.338 e. The predicted molar refractivity (Wildman–Crippen MR) is 77.4 cm³/mol. The van der Waals surface area contributed by atoms with Crippen LogP contribution >= 0.6 is 0 Å². The molecule has 0 aliphatic heterocycles. The van der Waals surface area contributed by atoms with E-state index in [0.29, 0.717) is 29.1 Å². The molecule has 21 heavy (non-hydrogen) atoms. The zero-order valence-electron chi connectivity index (χ0n) is 11.4. The van der Waals surface area contributed by atoms with Crippen LogP contribution in [0.3, 0.4) is 0 Å². The molecule has 4 nitrogen and oxygen atoms in total. The van der Waals surface area contributed by atoms with E-state index in [4.69, 9.17) is 4.74 Å². The van der Waals surface area contributed by atoms with E-state index in [2.05, 4.69) is 9.97 Å². The Hall–Kier alpha value is -2.69. The quantitative estimate of drug-likeness (QED) is 0.748. The maximum atomic E-state index is 13.8. The van der Waals surface area contributed by atoms with E-state index in [0.717, 1.165) is 5.52 Å². The highest BCUT2D eigenvalue weighted by Gasteiger charge is 2.12. The second-order valence-electron chi connectivity index (χ2n) is 4.52. The van der Waals surface area contributed by atoms with Gasteiger partial charge in [-0.1, -0.05) is 12.1 Å². The summed E-state index contributed by atoms with van der Waals surface area (Å²) in [6.45, 7) is 2.07. The lowest BCUT2D eigenvalue weighted by Crippen LogP contribution is -2.04. The summed E-state index contributed by atoms with van der Waals surface area (Å²) in [5.41, 5.74) is 2.16. The number of imidazole rings is 1. The molecule has 0 saturated carbocycles. The summed E-state index contributed by atoms with van der Waals surface area (Å²) in [4.78, 5) is 19.1. The highest BCUT2D eigenvalue weighted by atomic mass is 19.1. The molecular weight excluding hydrogens is 271 g/mol. The first-order chi connectivity index (χ1) is 10.2. The predicted octanol–water partition coefficient (Wildman–Crippen LogP) is 3.55. The van der Waals surface area contributed by atoms with Crippen molar-refractivity contribution in [3.05, 3.63) is 53.8 Å². The van der Waals surface area contributed by atoms with Gasteiger partial charge in [0.1, 0.15) is 11.6 Å². The standard InChI is InChI=1S/C16H13FN2O2/c1-2-21-16(20)10-7-8-13-14(9-10)19-15(18-13)11-5-3-4-6-12(11)17/h3-9H,2H2,1H3,(H,18,19). The third kappa shape index (κ3) is 2.50. The Kier molecular flexibility index (Phi) is 3.39. The zero-order chi connectivity index (χ0) is 14.8. The molecule has 0 fully saturated rings. The van der Waals surface area contributed by atoms with E-state index >= 15 is 0 Å². The van der Waals surface area contributed by atoms with Crippen molar-refractivity contribution in [3.63, 3.8) is 0 Å². The summed E-state index contributed by atoms with van der Waals surface area (Å²) in [6, 6.07) is 11.4. The number of fused-ring (bicyclic) bond motifs is 1. The number of esters is 1. The fourth-order valence-corrected chi connectivity index (χ4v) is 2.13. The highest BCUT2D eigenvalue weighted by Crippen LogP contribution is 2.23. The number of carbonyl (C=O) groups is 1. The lowest BCUT2D eigenvalue weighted by Gasteiger charge is -2.00. The molecule has 3 aromatic rings. The molecule has 0 amide bonds. The first-order valence-electron chi connectivity index (χ1n) is 6.61. The van der Waals surface area contributed by atoms with Gasteiger partial charge >= 0.3 is 5.97 Å². The van der Waals surface area contributed by atoms with E-state index in [1.807, 2.05) is 0 Å². The van der Waals surface area contributed by atoms with Gasteiger partial charge in [0.2, 0.25) is 0 Å². The van der Waals surface area contributed by atoms with Crippen molar-refractivity contribution in [2.45, 2.75) is 6.92 Å². The SMILES string of the molecule is CCOC(=O)c1ccc2[nH]c(-c3ccccc3F)nc2c1. The molecule has 1 aromatic heterocycles. The summed E-state index contributed by atoms with van der Waals surface area (Å²) >= 11 is 0. The zero-order valence-corrected chi connectivity index (χ0v) is 11.4. The van der Waals surface area contributed by atoms with Crippen LogP contribution in [-0.2, 0) is 4.74 Å². The van der Waals surface area contributed by atoms with E-state index in [1.54, 1.807) is 43.3 Å². The largest absolute Gasteiger partial charge is 0.462 e. The monoisotopic (exact) mass is 284 g/mol. The van der Waals surface area contributed by atoms with E-state index < -0.39 is 5.97 Å². The van der Waals surface area contributed by atoms with Gasteiger partial charge in [-0.25, -0.2) is 14.2 Å². The van der Waals surface area contributed by atoms with Crippen LogP contribution in [0.4, 0.5) is 4.39 Å². The normalized spacial score (nSPS) is 10.8. The third-order valence-corrected chi connectivity index (χ3v) is 3.12. The molecule has 5 heteroatoms. The van der Waals surface area contributed by atoms with E-state index in [1.165, 1.54) is 6.07 Å². The van der Waals surface area contributed by atoms with Crippen molar-refractivity contribution in [1.82, 2.24) is 9.97 Å². The van der Waals surface area contributed by atoms with Gasteiger partial charge in [-0.05, 0) is 37.3 Å². The summed E-state index contributed by atoms with van der Waals surface area (Å²) < 4.78 is 18.7. The maximum absolute atomic E-state index is 13.8. The third-order valence-electron chi connectivity index (χ3n) is 3.12. The lowest BCUT2D eigenvalue weighted by atomic mass is 10.2. The van der Waals surface area contributed by atoms with Crippen LogP contribution in [0.2, 0.25) is 0 Å². The first kappa shape index (κ1) is 13.3. The summed E-state index contributed by atoms with van der Waals surface area (Å²) in [7, 11) is 0. The molecule has 0 radical (unpaired) electrons. The fourth-order valence-electron chi connectivity index (χ4n) is 2.13. The minimum absolute atomic E-state index is 0.317. The number of nitrogens with zero attached hydrogens (tertiary/aromatic N) is 1. The Morgan fingerprint density at radius 2 is 2.10 bits per heavy atom. The molecule has 0 unspecified atom stereocenters. The van der Waals surface area contributed by atoms with Gasteiger partial charge in [-0.15, -0.1) is 0 Å². The van der Waals surface area contributed by atoms with Crippen LogP contribution < -0.4 is 0 Å². The van der Waals surface area contributed by atoms with Crippen LogP contribution in [0.5, 0.6) is 0 Å². The molecule has 0 spiro atoms. The molecule has 1 N–H and O–H groups in total. The molecule has 0 aliphatic rings. The van der Waals surface area contributed by atoms with Crippen molar-refractivity contribution >= 4 is 17.0 Å². The Labute approximate surface area is 120 Å². The Bertz CT molecular complexity index is 811. The number of ether oxygens (including phenoxy) is 1. The molecule has 0 aliphatic carbocycles. The topological polar surface area (TPSA) is 55.0 Å². The minimum Gasteiger partial charge on any atom is -0.462 e. The van der Waals surface area contributed by atoms with Crippen molar-refractivity contribution in [1.29, 1.82) is 0 Å². The first-order valence-corrected chi connectivity index (χ1v) is 6.61. The van der Waals surface area contributed by atoms with Crippen molar-refractivity contribution in [2.75, 3.05) is 6.61 Å². The molecule has 106 valence electrons. The van der Waals surface area contributed by atoms with Crippen molar-refractivity contribution < 1.29 is 13.9 Å². The molecule has 1 heterocycles. The Balaban J connectivity index is 2.05. The average molecular weight is 284 g/mol. The number of carbonyl (C=O) groups excluding carboxylic acids is 1. The smallest absolute Gasteiger partial charge is 0.338 e. The number of aromatic amines is 1. The number of rotatable bonds is 3. The molecule has 0 saturated heterocycles. The van der Waals surface area contributed by atoms with Crippen LogP contribution in [0.1, 0.15) is 17.3 Å². The molecule has 0 atom stereocenters. The number of halogens is 1.